The Hall–Kier alpha value is -3.02. The lowest BCUT2D eigenvalue weighted by Crippen LogP contribution is -2.09. The number of aromatic nitrogens is 1. The molecule has 6 nitrogen and oxygen atoms in total. The third-order valence-electron chi connectivity index (χ3n) is 4.82. The van der Waals surface area contributed by atoms with Gasteiger partial charge in [0.05, 0.1) is 6.61 Å². The van der Waals surface area contributed by atoms with E-state index in [2.05, 4.69) is 16.5 Å². The molecule has 0 unspecified atom stereocenters. The van der Waals surface area contributed by atoms with Gasteiger partial charge in [-0.15, -0.1) is 0 Å². The van der Waals surface area contributed by atoms with Crippen LogP contribution in [0.1, 0.15) is 43.6 Å². The van der Waals surface area contributed by atoms with Crippen molar-refractivity contribution in [2.75, 3.05) is 11.9 Å². The van der Waals surface area contributed by atoms with Crippen LogP contribution in [0.15, 0.2) is 39.5 Å². The summed E-state index contributed by atoms with van der Waals surface area (Å²) in [4.78, 5) is 12.3. The number of nitrogens with zero attached hydrogens (tertiary/aromatic N) is 1. The average molecular weight is 366 g/mol. The molecule has 1 aliphatic rings. The Balaban J connectivity index is 1.72. The molecule has 1 amide bonds. The van der Waals surface area contributed by atoms with Crippen molar-refractivity contribution < 1.29 is 18.5 Å². The normalized spacial score (nSPS) is 14.2. The zero-order chi connectivity index (χ0) is 18.8. The Morgan fingerprint density at radius 1 is 1.33 bits per heavy atom. The number of aryl methyl sites for hydroxylation is 2. The Morgan fingerprint density at radius 3 is 2.96 bits per heavy atom. The van der Waals surface area contributed by atoms with E-state index in [0.717, 1.165) is 46.5 Å². The van der Waals surface area contributed by atoms with Crippen LogP contribution in [0.4, 0.5) is 5.82 Å². The molecular formula is C21H22N2O4. The van der Waals surface area contributed by atoms with Gasteiger partial charge in [0.25, 0.3) is 0 Å². The fourth-order valence-electron chi connectivity index (χ4n) is 3.59. The molecule has 0 fully saturated rings. The van der Waals surface area contributed by atoms with Crippen LogP contribution in [0.5, 0.6) is 5.75 Å². The van der Waals surface area contributed by atoms with E-state index in [9.17, 15) is 4.79 Å². The van der Waals surface area contributed by atoms with Crippen LogP contribution in [0, 0.1) is 0 Å². The predicted octanol–water partition coefficient (Wildman–Crippen LogP) is 4.74. The molecule has 0 spiro atoms. The summed E-state index contributed by atoms with van der Waals surface area (Å²) in [5, 5.41) is 7.49. The number of rotatable bonds is 5. The first kappa shape index (κ1) is 17.4. The summed E-state index contributed by atoms with van der Waals surface area (Å²) < 4.78 is 16.6. The second-order valence-electron chi connectivity index (χ2n) is 6.69. The molecule has 6 heteroatoms. The molecule has 27 heavy (non-hydrogen) atoms. The van der Waals surface area contributed by atoms with Crippen LogP contribution in [0.2, 0.25) is 0 Å². The number of furan rings is 1. The Labute approximate surface area is 157 Å². The Morgan fingerprint density at radius 2 is 2.19 bits per heavy atom. The lowest BCUT2D eigenvalue weighted by molar-refractivity contribution is -0.111. The average Bonchev–Trinajstić information content (AvgIpc) is 3.28. The van der Waals surface area contributed by atoms with Crippen molar-refractivity contribution in [1.29, 1.82) is 0 Å². The third-order valence-corrected chi connectivity index (χ3v) is 4.82. The summed E-state index contributed by atoms with van der Waals surface area (Å²) in [5.74, 6) is 1.92. The van der Waals surface area contributed by atoms with Gasteiger partial charge in [0.2, 0.25) is 5.91 Å². The maximum atomic E-state index is 12.3. The van der Waals surface area contributed by atoms with Gasteiger partial charge >= 0.3 is 0 Å². The van der Waals surface area contributed by atoms with Gasteiger partial charge in [0, 0.05) is 41.1 Å². The molecule has 0 radical (unpaired) electrons. The van der Waals surface area contributed by atoms with E-state index in [4.69, 9.17) is 13.7 Å². The highest BCUT2D eigenvalue weighted by atomic mass is 16.5. The third kappa shape index (κ3) is 3.47. The van der Waals surface area contributed by atoms with Crippen LogP contribution in [0.3, 0.4) is 0 Å². The van der Waals surface area contributed by atoms with Crippen LogP contribution in [-0.4, -0.2) is 17.7 Å². The fourth-order valence-corrected chi connectivity index (χ4v) is 3.59. The van der Waals surface area contributed by atoms with Crippen LogP contribution < -0.4 is 10.1 Å². The van der Waals surface area contributed by atoms with E-state index in [1.165, 1.54) is 24.7 Å². The van der Waals surface area contributed by atoms with E-state index in [1.54, 1.807) is 12.1 Å². The molecule has 4 rings (SSSR count). The van der Waals surface area contributed by atoms with E-state index >= 15 is 0 Å². The lowest BCUT2D eigenvalue weighted by Gasteiger charge is -2.12. The summed E-state index contributed by atoms with van der Waals surface area (Å²) >= 11 is 0. The number of benzene rings is 1. The van der Waals surface area contributed by atoms with Gasteiger partial charge in [-0.05, 0) is 44.7 Å². The van der Waals surface area contributed by atoms with Crippen molar-refractivity contribution in [3.05, 3.63) is 47.4 Å². The minimum absolute atomic E-state index is 0.266. The van der Waals surface area contributed by atoms with Crippen molar-refractivity contribution in [2.24, 2.45) is 0 Å². The summed E-state index contributed by atoms with van der Waals surface area (Å²) in [6.07, 6.45) is 7.32. The first-order valence-electron chi connectivity index (χ1n) is 9.27. The number of ether oxygens (including phenoxy) is 1. The Kier molecular flexibility index (Phi) is 4.71. The molecule has 0 bridgehead atoms. The van der Waals surface area contributed by atoms with Crippen LogP contribution in [0.25, 0.3) is 16.5 Å². The van der Waals surface area contributed by atoms with Crippen molar-refractivity contribution in [3.63, 3.8) is 0 Å². The predicted molar refractivity (Wildman–Crippen MR) is 103 cm³/mol. The summed E-state index contributed by atoms with van der Waals surface area (Å²) in [7, 11) is 0. The summed E-state index contributed by atoms with van der Waals surface area (Å²) in [5.41, 5.74) is 3.86. The van der Waals surface area contributed by atoms with Gasteiger partial charge in [0.1, 0.15) is 23.4 Å². The summed E-state index contributed by atoms with van der Waals surface area (Å²) in [6.45, 7) is 4.38. The molecule has 1 N–H and O–H groups in total. The zero-order valence-corrected chi connectivity index (χ0v) is 15.5. The van der Waals surface area contributed by atoms with Gasteiger partial charge in [-0.25, -0.2) is 0 Å². The number of anilines is 1. The molecule has 0 saturated heterocycles. The molecule has 0 aliphatic heterocycles. The number of carbonyl (C=O) groups is 1. The molecule has 0 atom stereocenters. The standard InChI is InChI=1S/C21H22N2O4/c1-3-25-18-12-19-16(14-6-4-5-7-17(14)27-19)11-15(18)13(2)10-21(24)22-20-8-9-26-23-20/h8-12H,3-7H2,1-2H3,(H,22,23,24)/b13-10+. The molecule has 1 aliphatic carbocycles. The Bertz CT molecular complexity index is 999. The number of allylic oxidation sites excluding steroid dienone is 1. The second-order valence-corrected chi connectivity index (χ2v) is 6.69. The van der Waals surface area contributed by atoms with Gasteiger partial charge in [-0.1, -0.05) is 5.16 Å². The monoisotopic (exact) mass is 366 g/mol. The first-order chi connectivity index (χ1) is 13.2. The van der Waals surface area contributed by atoms with Crippen molar-refractivity contribution in [2.45, 2.75) is 39.5 Å². The number of fused-ring (bicyclic) bond motifs is 3. The van der Waals surface area contributed by atoms with Gasteiger partial charge in [-0.2, -0.15) is 0 Å². The van der Waals surface area contributed by atoms with Crippen LogP contribution >= 0.6 is 0 Å². The quantitative estimate of drug-likeness (QED) is 0.660. The smallest absolute Gasteiger partial charge is 0.249 e. The van der Waals surface area contributed by atoms with Crippen molar-refractivity contribution >= 4 is 28.3 Å². The number of carbonyl (C=O) groups excluding carboxylic acids is 1. The van der Waals surface area contributed by atoms with Gasteiger partial charge in [0.15, 0.2) is 5.82 Å². The fraction of sp³-hybridized carbons (Fsp3) is 0.333. The number of amides is 1. The number of hydrogen-bond acceptors (Lipinski definition) is 5. The highest BCUT2D eigenvalue weighted by molar-refractivity contribution is 6.04. The molecule has 2 aromatic heterocycles. The molecule has 0 saturated carbocycles. The molecule has 1 aromatic carbocycles. The second kappa shape index (κ2) is 7.31. The highest BCUT2D eigenvalue weighted by Gasteiger charge is 2.20. The molecule has 2 heterocycles. The molecule has 140 valence electrons. The van der Waals surface area contributed by atoms with Crippen molar-refractivity contribution in [1.82, 2.24) is 5.16 Å². The number of nitrogens with one attached hydrogen (secondary N) is 1. The molecular weight excluding hydrogens is 344 g/mol. The van der Waals surface area contributed by atoms with E-state index in [0.29, 0.717) is 12.4 Å². The van der Waals surface area contributed by atoms with E-state index in [1.807, 2.05) is 19.9 Å². The van der Waals surface area contributed by atoms with Gasteiger partial charge < -0.3 is 19.0 Å². The maximum Gasteiger partial charge on any atom is 0.249 e. The summed E-state index contributed by atoms with van der Waals surface area (Å²) in [6, 6.07) is 5.62. The van der Waals surface area contributed by atoms with E-state index in [-0.39, 0.29) is 5.91 Å². The molecule has 3 aromatic rings. The lowest BCUT2D eigenvalue weighted by atomic mass is 9.94. The van der Waals surface area contributed by atoms with E-state index < -0.39 is 0 Å². The topological polar surface area (TPSA) is 77.5 Å². The number of hydrogen-bond donors (Lipinski definition) is 1. The minimum Gasteiger partial charge on any atom is -0.493 e. The minimum atomic E-state index is -0.266. The first-order valence-corrected chi connectivity index (χ1v) is 9.27. The SMILES string of the molecule is CCOc1cc2oc3c(c2cc1/C(C)=C/C(=O)Nc1ccon1)CCCC3. The highest BCUT2D eigenvalue weighted by Crippen LogP contribution is 2.38. The maximum absolute atomic E-state index is 12.3. The van der Waals surface area contributed by atoms with Crippen LogP contribution in [-0.2, 0) is 17.6 Å². The largest absolute Gasteiger partial charge is 0.493 e. The zero-order valence-electron chi connectivity index (χ0n) is 15.5. The van der Waals surface area contributed by atoms with Gasteiger partial charge in [-0.3, -0.25) is 4.79 Å². The van der Waals surface area contributed by atoms with Crippen molar-refractivity contribution in [3.8, 4) is 5.75 Å².